The highest BCUT2D eigenvalue weighted by molar-refractivity contribution is 9.10. The summed E-state index contributed by atoms with van der Waals surface area (Å²) in [7, 11) is 0. The number of nitrogens with zero attached hydrogens (tertiary/aromatic N) is 1. The molecule has 0 fully saturated rings. The lowest BCUT2D eigenvalue weighted by atomic mass is 10.1. The van der Waals surface area contributed by atoms with Gasteiger partial charge in [-0.2, -0.15) is 0 Å². The fraction of sp³-hybridized carbons (Fsp3) is 0.200. The summed E-state index contributed by atoms with van der Waals surface area (Å²) in [4.78, 5) is 10.8. The Kier molecular flexibility index (Phi) is 5.36. The molecule has 2 aromatic rings. The van der Waals surface area contributed by atoms with Crippen LogP contribution in [0.2, 0.25) is 0 Å². The number of aryl methyl sites for hydroxylation is 1. The predicted octanol–water partition coefficient (Wildman–Crippen LogP) is 5.61. The van der Waals surface area contributed by atoms with Gasteiger partial charge < -0.3 is 4.74 Å². The van der Waals surface area contributed by atoms with E-state index < -0.39 is 4.92 Å². The molecule has 0 saturated heterocycles. The van der Waals surface area contributed by atoms with Crippen LogP contribution in [0.4, 0.5) is 5.69 Å². The molecule has 0 aliphatic rings. The first-order chi connectivity index (χ1) is 10.0. The second-order valence-corrected chi connectivity index (χ2v) is 5.88. The molecule has 0 aliphatic carbocycles. The second kappa shape index (κ2) is 7.04. The summed E-state index contributed by atoms with van der Waals surface area (Å²) in [5, 5.41) is 11.8. The van der Waals surface area contributed by atoms with Crippen LogP contribution in [-0.4, -0.2) is 4.92 Å². The third-order valence-corrected chi connectivity index (χ3v) is 4.12. The van der Waals surface area contributed by atoms with Gasteiger partial charge in [0.1, 0.15) is 5.75 Å². The summed E-state index contributed by atoms with van der Waals surface area (Å²) in [6.45, 7) is 1.96. The molecule has 2 aromatic carbocycles. The van der Waals surface area contributed by atoms with Gasteiger partial charge in [-0.05, 0) is 30.2 Å². The average Bonchev–Trinajstić information content (AvgIpc) is 2.47. The van der Waals surface area contributed by atoms with E-state index in [1.54, 1.807) is 18.2 Å². The van der Waals surface area contributed by atoms with Crippen LogP contribution in [0, 0.1) is 10.1 Å². The molecule has 6 heteroatoms. The summed E-state index contributed by atoms with van der Waals surface area (Å²) < 4.78 is 6.63. The second-order valence-electron chi connectivity index (χ2n) is 4.40. The van der Waals surface area contributed by atoms with Gasteiger partial charge in [0, 0.05) is 21.4 Å². The zero-order valence-electron chi connectivity index (χ0n) is 11.3. The highest BCUT2D eigenvalue weighted by atomic mass is 79.9. The monoisotopic (exact) mass is 413 g/mol. The molecule has 0 saturated carbocycles. The first-order valence-electron chi connectivity index (χ1n) is 6.34. The number of benzene rings is 2. The van der Waals surface area contributed by atoms with Crippen molar-refractivity contribution in [3.8, 4) is 11.5 Å². The molecule has 0 aromatic heterocycles. The summed E-state index contributed by atoms with van der Waals surface area (Å²) in [5.74, 6) is 0.839. The number of nitro benzene ring substituents is 1. The molecule has 0 unspecified atom stereocenters. The largest absolute Gasteiger partial charge is 0.450 e. The first kappa shape index (κ1) is 16.0. The van der Waals surface area contributed by atoms with Gasteiger partial charge in [0.05, 0.1) is 4.92 Å². The van der Waals surface area contributed by atoms with Gasteiger partial charge >= 0.3 is 5.69 Å². The summed E-state index contributed by atoms with van der Waals surface area (Å²) in [5.41, 5.74) is 1.81. The van der Waals surface area contributed by atoms with Crippen LogP contribution in [0.25, 0.3) is 0 Å². The Morgan fingerprint density at radius 2 is 1.95 bits per heavy atom. The van der Waals surface area contributed by atoms with Crippen molar-refractivity contribution in [3.05, 3.63) is 62.1 Å². The maximum absolute atomic E-state index is 11.2. The lowest BCUT2D eigenvalue weighted by molar-refractivity contribution is -0.385. The molecule has 0 amide bonds. The molecule has 0 heterocycles. The fourth-order valence-corrected chi connectivity index (χ4v) is 2.67. The Balaban J connectivity index is 2.44. The maximum Gasteiger partial charge on any atom is 0.311 e. The highest BCUT2D eigenvalue weighted by Gasteiger charge is 2.17. The van der Waals surface area contributed by atoms with Crippen LogP contribution < -0.4 is 4.74 Å². The summed E-state index contributed by atoms with van der Waals surface area (Å²) >= 11 is 6.77. The highest BCUT2D eigenvalue weighted by Crippen LogP contribution is 2.35. The standard InChI is InChI=1S/C15H13Br2NO3/c1-2-10-3-6-14(13(7-10)18(19)20)21-15-8-12(17)5-4-11(15)9-16/h3-8H,2,9H2,1H3. The molecule has 0 N–H and O–H groups in total. The third-order valence-electron chi connectivity index (χ3n) is 3.02. The molecule has 110 valence electrons. The van der Waals surface area contributed by atoms with Crippen LogP contribution in [0.1, 0.15) is 18.1 Å². The van der Waals surface area contributed by atoms with Gasteiger partial charge in [0.2, 0.25) is 5.75 Å². The smallest absolute Gasteiger partial charge is 0.311 e. The zero-order valence-corrected chi connectivity index (χ0v) is 14.5. The molecule has 0 atom stereocenters. The van der Waals surface area contributed by atoms with E-state index in [4.69, 9.17) is 4.74 Å². The molecule has 21 heavy (non-hydrogen) atoms. The van der Waals surface area contributed by atoms with E-state index in [0.717, 1.165) is 22.0 Å². The van der Waals surface area contributed by atoms with E-state index in [0.29, 0.717) is 11.1 Å². The molecule has 4 nitrogen and oxygen atoms in total. The van der Waals surface area contributed by atoms with Crippen LogP contribution in [0.5, 0.6) is 11.5 Å². The van der Waals surface area contributed by atoms with Crippen molar-refractivity contribution < 1.29 is 9.66 Å². The Labute approximate surface area is 139 Å². The van der Waals surface area contributed by atoms with Crippen molar-refractivity contribution in [1.82, 2.24) is 0 Å². The number of halogens is 2. The molecule has 2 rings (SSSR count). The van der Waals surface area contributed by atoms with Crippen molar-refractivity contribution >= 4 is 37.5 Å². The fourth-order valence-electron chi connectivity index (χ4n) is 1.86. The topological polar surface area (TPSA) is 52.4 Å². The molecule has 0 radical (unpaired) electrons. The minimum atomic E-state index is -0.416. The number of rotatable bonds is 5. The predicted molar refractivity (Wildman–Crippen MR) is 89.3 cm³/mol. The summed E-state index contributed by atoms with van der Waals surface area (Å²) in [6.07, 6.45) is 0.741. The lowest BCUT2D eigenvalue weighted by Crippen LogP contribution is -1.96. The number of hydrogen-bond acceptors (Lipinski definition) is 3. The minimum absolute atomic E-state index is 0.0187. The first-order valence-corrected chi connectivity index (χ1v) is 8.26. The van der Waals surface area contributed by atoms with Crippen molar-refractivity contribution in [2.75, 3.05) is 0 Å². The molecule has 0 spiro atoms. The van der Waals surface area contributed by atoms with Gasteiger partial charge in [0.15, 0.2) is 0 Å². The Bertz CT molecular complexity index is 674. The van der Waals surface area contributed by atoms with Crippen LogP contribution >= 0.6 is 31.9 Å². The average molecular weight is 415 g/mol. The van der Waals surface area contributed by atoms with E-state index in [9.17, 15) is 10.1 Å². The van der Waals surface area contributed by atoms with E-state index in [-0.39, 0.29) is 11.4 Å². The minimum Gasteiger partial charge on any atom is -0.450 e. The molecular formula is C15H13Br2NO3. The molecular weight excluding hydrogens is 402 g/mol. The van der Waals surface area contributed by atoms with Crippen molar-refractivity contribution in [1.29, 1.82) is 0 Å². The van der Waals surface area contributed by atoms with Crippen molar-refractivity contribution in [3.63, 3.8) is 0 Å². The normalized spacial score (nSPS) is 10.4. The number of alkyl halides is 1. The number of hydrogen-bond donors (Lipinski definition) is 0. The SMILES string of the molecule is CCc1ccc(Oc2cc(Br)ccc2CBr)c([N+](=O)[O-])c1. The maximum atomic E-state index is 11.2. The van der Waals surface area contributed by atoms with Crippen molar-refractivity contribution in [2.24, 2.45) is 0 Å². The molecule has 0 bridgehead atoms. The Hall–Kier alpha value is -1.40. The van der Waals surface area contributed by atoms with E-state index in [1.165, 1.54) is 0 Å². The van der Waals surface area contributed by atoms with Crippen LogP contribution in [0.15, 0.2) is 40.9 Å². The van der Waals surface area contributed by atoms with E-state index >= 15 is 0 Å². The van der Waals surface area contributed by atoms with Gasteiger partial charge in [-0.3, -0.25) is 10.1 Å². The zero-order chi connectivity index (χ0) is 15.4. The Morgan fingerprint density at radius 3 is 2.57 bits per heavy atom. The van der Waals surface area contributed by atoms with E-state index in [1.807, 2.05) is 25.1 Å². The van der Waals surface area contributed by atoms with Gasteiger partial charge in [-0.1, -0.05) is 50.9 Å². The lowest BCUT2D eigenvalue weighted by Gasteiger charge is -2.11. The van der Waals surface area contributed by atoms with Crippen LogP contribution in [0.3, 0.4) is 0 Å². The van der Waals surface area contributed by atoms with Crippen molar-refractivity contribution in [2.45, 2.75) is 18.7 Å². The quantitative estimate of drug-likeness (QED) is 0.363. The van der Waals surface area contributed by atoms with Gasteiger partial charge in [-0.25, -0.2) is 0 Å². The Morgan fingerprint density at radius 1 is 1.19 bits per heavy atom. The third kappa shape index (κ3) is 3.83. The van der Waals surface area contributed by atoms with Gasteiger partial charge in [-0.15, -0.1) is 0 Å². The molecule has 0 aliphatic heterocycles. The summed E-state index contributed by atoms with van der Waals surface area (Å²) in [6, 6.07) is 10.7. The number of nitro groups is 1. The van der Waals surface area contributed by atoms with Crippen LogP contribution in [-0.2, 0) is 11.8 Å². The van der Waals surface area contributed by atoms with E-state index in [2.05, 4.69) is 31.9 Å². The van der Waals surface area contributed by atoms with Gasteiger partial charge in [0.25, 0.3) is 0 Å². The number of ether oxygens (including phenoxy) is 1.